The quantitative estimate of drug-likeness (QED) is 0.349. The molecule has 0 saturated carbocycles. The summed E-state index contributed by atoms with van der Waals surface area (Å²) in [7, 11) is 0. The smallest absolute Gasteiger partial charge is 0.407 e. The molecule has 0 aromatic heterocycles. The molecular weight excluding hydrogens is 290 g/mol. The number of benzene rings is 1. The third kappa shape index (κ3) is 6.12. The second-order valence-corrected chi connectivity index (χ2v) is 4.40. The van der Waals surface area contributed by atoms with Gasteiger partial charge in [-0.2, -0.15) is 0 Å². The van der Waals surface area contributed by atoms with Crippen LogP contribution in [0.5, 0.6) is 0 Å². The molecule has 0 spiro atoms. The van der Waals surface area contributed by atoms with Crippen molar-refractivity contribution in [3.8, 4) is 0 Å². The lowest BCUT2D eigenvalue weighted by Crippen LogP contribution is -2.42. The monoisotopic (exact) mass is 307 g/mol. The van der Waals surface area contributed by atoms with E-state index in [1.165, 1.54) is 0 Å². The van der Waals surface area contributed by atoms with Gasteiger partial charge in [0, 0.05) is 18.2 Å². The minimum absolute atomic E-state index is 0.0143. The van der Waals surface area contributed by atoms with E-state index < -0.39 is 18.1 Å². The van der Waals surface area contributed by atoms with Crippen molar-refractivity contribution in [1.82, 2.24) is 10.2 Å². The van der Waals surface area contributed by atoms with Crippen LogP contribution in [0.1, 0.15) is 18.4 Å². The highest BCUT2D eigenvalue weighted by molar-refractivity contribution is 5.70. The summed E-state index contributed by atoms with van der Waals surface area (Å²) < 4.78 is 5.00. The Bertz CT molecular complexity index is 571. The average molecular weight is 307 g/mol. The summed E-state index contributed by atoms with van der Waals surface area (Å²) in [6, 6.07) is 5.79. The molecule has 4 N–H and O–H groups in total. The molecule has 0 saturated heterocycles. The zero-order valence-corrected chi connectivity index (χ0v) is 11.8. The second kappa shape index (κ2) is 9.22. The Morgan fingerprint density at radius 3 is 2.86 bits per heavy atom. The lowest BCUT2D eigenvalue weighted by atomic mass is 10.2. The van der Waals surface area contributed by atoms with Gasteiger partial charge >= 0.3 is 6.09 Å². The van der Waals surface area contributed by atoms with Gasteiger partial charge in [0.15, 0.2) is 10.8 Å². The topological polar surface area (TPSA) is 155 Å². The molecule has 1 atom stereocenters. The SMILES string of the molecule is N=[N+]=Nc1ccccc1COC(=O)NCCCC(N)C(=O)[O-]. The first-order chi connectivity index (χ1) is 10.5. The highest BCUT2D eigenvalue weighted by Gasteiger charge is 2.08. The summed E-state index contributed by atoms with van der Waals surface area (Å²) in [4.78, 5) is 24.8. The van der Waals surface area contributed by atoms with Crippen LogP contribution in [0.4, 0.5) is 10.5 Å². The van der Waals surface area contributed by atoms with Gasteiger partial charge in [0.25, 0.3) is 0 Å². The van der Waals surface area contributed by atoms with Gasteiger partial charge in [0.2, 0.25) is 4.91 Å². The van der Waals surface area contributed by atoms with Gasteiger partial charge in [-0.1, -0.05) is 18.2 Å². The minimum Gasteiger partial charge on any atom is -0.548 e. The number of hydrogen-bond donors (Lipinski definition) is 3. The van der Waals surface area contributed by atoms with Gasteiger partial charge < -0.3 is 25.7 Å². The predicted octanol–water partition coefficient (Wildman–Crippen LogP) is -0.0479. The van der Waals surface area contributed by atoms with E-state index >= 15 is 0 Å². The molecule has 0 aliphatic heterocycles. The molecule has 1 amide bonds. The Labute approximate surface area is 126 Å². The predicted molar refractivity (Wildman–Crippen MR) is 73.8 cm³/mol. The molecule has 0 aliphatic carbocycles. The maximum absolute atomic E-state index is 11.5. The molecule has 1 aromatic carbocycles. The van der Waals surface area contributed by atoms with Gasteiger partial charge in [-0.3, -0.25) is 0 Å². The number of nitrogens with zero attached hydrogens (tertiary/aromatic N) is 2. The lowest BCUT2D eigenvalue weighted by molar-refractivity contribution is -0.307. The van der Waals surface area contributed by atoms with Crippen LogP contribution in [-0.2, 0) is 16.1 Å². The second-order valence-electron chi connectivity index (χ2n) is 4.40. The average Bonchev–Trinajstić information content (AvgIpc) is 2.50. The fourth-order valence-corrected chi connectivity index (χ4v) is 1.61. The first-order valence-corrected chi connectivity index (χ1v) is 6.57. The van der Waals surface area contributed by atoms with Crippen molar-refractivity contribution in [2.75, 3.05) is 6.54 Å². The van der Waals surface area contributed by atoms with Crippen molar-refractivity contribution in [1.29, 1.82) is 5.53 Å². The summed E-state index contributed by atoms with van der Waals surface area (Å²) in [6.45, 7) is 0.230. The van der Waals surface area contributed by atoms with Crippen LogP contribution in [0.3, 0.4) is 0 Å². The number of amides is 1. The van der Waals surface area contributed by atoms with Crippen molar-refractivity contribution in [3.05, 3.63) is 29.8 Å². The molecule has 0 bridgehead atoms. The number of rotatable bonds is 8. The molecule has 0 fully saturated rings. The molecule has 9 heteroatoms. The van der Waals surface area contributed by atoms with Crippen molar-refractivity contribution < 1.29 is 19.4 Å². The highest BCUT2D eigenvalue weighted by Crippen LogP contribution is 2.18. The van der Waals surface area contributed by atoms with E-state index in [0.717, 1.165) is 0 Å². The maximum Gasteiger partial charge on any atom is 0.407 e. The summed E-state index contributed by atoms with van der Waals surface area (Å²) in [5, 5.41) is 16.5. The van der Waals surface area contributed by atoms with Crippen LogP contribution >= 0.6 is 0 Å². The first-order valence-electron chi connectivity index (χ1n) is 6.57. The zero-order valence-electron chi connectivity index (χ0n) is 11.8. The third-order valence-corrected chi connectivity index (χ3v) is 2.77. The number of carbonyl (C=O) groups excluding carboxylic acids is 2. The summed E-state index contributed by atoms with van der Waals surface area (Å²) >= 11 is 0. The first kappa shape index (κ1) is 17.3. The molecule has 22 heavy (non-hydrogen) atoms. The van der Waals surface area contributed by atoms with Gasteiger partial charge in [-0.05, 0) is 18.9 Å². The molecule has 0 heterocycles. The Kier molecular flexibility index (Phi) is 7.24. The summed E-state index contributed by atoms with van der Waals surface area (Å²) in [5.41, 5.74) is 13.1. The summed E-state index contributed by atoms with van der Waals surface area (Å²) in [5.74, 6) is -1.32. The van der Waals surface area contributed by atoms with Crippen LogP contribution in [-0.4, -0.2) is 24.6 Å². The van der Waals surface area contributed by atoms with Crippen LogP contribution in [0.15, 0.2) is 29.4 Å². The number of aliphatic carboxylic acids is 1. The molecule has 1 aromatic rings. The number of alkyl carbamates (subject to hydrolysis) is 1. The Hall–Kier alpha value is -2.77. The Morgan fingerprint density at radius 1 is 1.45 bits per heavy atom. The van der Waals surface area contributed by atoms with E-state index in [9.17, 15) is 14.7 Å². The number of nitrogens with one attached hydrogen (secondary N) is 2. The zero-order chi connectivity index (χ0) is 16.4. The normalized spacial score (nSPS) is 11.1. The van der Waals surface area contributed by atoms with Crippen LogP contribution in [0, 0.1) is 5.53 Å². The van der Waals surface area contributed by atoms with Crippen molar-refractivity contribution in [3.63, 3.8) is 0 Å². The molecule has 1 unspecified atom stereocenters. The van der Waals surface area contributed by atoms with E-state index in [2.05, 4.69) is 15.3 Å². The van der Waals surface area contributed by atoms with Crippen molar-refractivity contribution >= 4 is 17.7 Å². The fourth-order valence-electron chi connectivity index (χ4n) is 1.61. The molecule has 118 valence electrons. The lowest BCUT2D eigenvalue weighted by Gasteiger charge is -2.12. The molecular formula is C13H17N5O4. The largest absolute Gasteiger partial charge is 0.548 e. The van der Waals surface area contributed by atoms with E-state index in [1.807, 2.05) is 0 Å². The van der Waals surface area contributed by atoms with Crippen molar-refractivity contribution in [2.24, 2.45) is 10.8 Å². The maximum atomic E-state index is 11.5. The van der Waals surface area contributed by atoms with Crippen LogP contribution in [0.2, 0.25) is 0 Å². The molecule has 1 rings (SSSR count). The highest BCUT2D eigenvalue weighted by atomic mass is 16.5. The van der Waals surface area contributed by atoms with E-state index in [0.29, 0.717) is 17.7 Å². The fraction of sp³-hybridized carbons (Fsp3) is 0.385. The number of carboxylic acids is 1. The number of carboxylic acid groups (broad SMARTS) is 1. The standard InChI is InChI=1S/C13H17N5O4/c14-10(12(19)20)5-3-7-16-13(21)22-8-9-4-1-2-6-11(9)17-18-15/h1-2,4,6,10,15H,3,5,7-8,14H2,(H-,16,19,20,21). The molecule has 0 radical (unpaired) electrons. The van der Waals surface area contributed by atoms with Gasteiger partial charge in [0.1, 0.15) is 12.1 Å². The number of carbonyl (C=O) groups is 2. The van der Waals surface area contributed by atoms with Crippen LogP contribution < -0.4 is 21.1 Å². The molecule has 9 nitrogen and oxygen atoms in total. The van der Waals surface area contributed by atoms with Crippen molar-refractivity contribution in [2.45, 2.75) is 25.5 Å². The van der Waals surface area contributed by atoms with Gasteiger partial charge in [-0.15, -0.1) is 0 Å². The van der Waals surface area contributed by atoms with E-state index in [4.69, 9.17) is 16.0 Å². The van der Waals surface area contributed by atoms with E-state index in [-0.39, 0.29) is 19.6 Å². The Morgan fingerprint density at radius 2 is 2.18 bits per heavy atom. The Balaban J connectivity index is 2.32. The summed E-state index contributed by atoms with van der Waals surface area (Å²) in [6.07, 6.45) is -0.0388. The van der Waals surface area contributed by atoms with E-state index in [1.54, 1.807) is 24.3 Å². The van der Waals surface area contributed by atoms with Gasteiger partial charge in [-0.25, -0.2) is 4.79 Å². The third-order valence-electron chi connectivity index (χ3n) is 2.77. The van der Waals surface area contributed by atoms with Crippen LogP contribution in [0.25, 0.3) is 0 Å². The minimum atomic E-state index is -1.32. The number of ether oxygens (including phenoxy) is 1. The van der Waals surface area contributed by atoms with Gasteiger partial charge in [0.05, 0.1) is 5.97 Å². The number of hydrogen-bond acceptors (Lipinski definition) is 7. The molecule has 0 aliphatic rings. The number of nitrogens with two attached hydrogens (primary N) is 1.